The van der Waals surface area contributed by atoms with Crippen LogP contribution in [0.25, 0.3) is 0 Å². The first-order valence-electron chi connectivity index (χ1n) is 9.51. The monoisotopic (exact) mass is 556 g/mol. The van der Waals surface area contributed by atoms with Gasteiger partial charge in [-0.25, -0.2) is 9.97 Å². The van der Waals surface area contributed by atoms with Crippen molar-refractivity contribution in [2.24, 2.45) is 4.99 Å². The molecule has 0 unspecified atom stereocenters. The summed E-state index contributed by atoms with van der Waals surface area (Å²) in [6.45, 7) is 8.74. The molecule has 0 bridgehead atoms. The van der Waals surface area contributed by atoms with Gasteiger partial charge in [0.2, 0.25) is 0 Å². The molecule has 6 nitrogen and oxygen atoms in total. The lowest BCUT2D eigenvalue weighted by Gasteiger charge is -2.11. The number of aliphatic imine (C=N–C) groups is 1. The van der Waals surface area contributed by atoms with Crippen LogP contribution in [0.2, 0.25) is 0 Å². The fraction of sp³-hybridized carbons (Fsp3) is 0.526. The number of nitrogens with zero attached hydrogens (tertiary/aromatic N) is 3. The van der Waals surface area contributed by atoms with Crippen LogP contribution < -0.4 is 16.0 Å². The Morgan fingerprint density at radius 1 is 1.17 bits per heavy atom. The Morgan fingerprint density at radius 3 is 2.50 bits per heavy atom. The molecule has 0 saturated carbocycles. The van der Waals surface area contributed by atoms with Gasteiger partial charge in [-0.2, -0.15) is 13.2 Å². The molecule has 0 aromatic carbocycles. The number of anilines is 1. The number of nitrogens with one attached hydrogen (secondary N) is 3. The Labute approximate surface area is 196 Å². The van der Waals surface area contributed by atoms with Crippen molar-refractivity contribution in [1.29, 1.82) is 0 Å². The van der Waals surface area contributed by atoms with Crippen LogP contribution in [0.1, 0.15) is 34.5 Å². The van der Waals surface area contributed by atoms with Gasteiger partial charge in [0.25, 0.3) is 0 Å². The van der Waals surface area contributed by atoms with Crippen LogP contribution in [0, 0.1) is 13.8 Å². The minimum Gasteiger partial charge on any atom is -0.370 e. The highest BCUT2D eigenvalue weighted by Gasteiger charge is 2.30. The molecule has 0 aliphatic rings. The minimum atomic E-state index is -4.37. The van der Waals surface area contributed by atoms with E-state index < -0.39 is 11.7 Å². The van der Waals surface area contributed by atoms with Crippen molar-refractivity contribution in [3.63, 3.8) is 0 Å². The summed E-state index contributed by atoms with van der Waals surface area (Å²) in [5, 5.41) is 10.6. The zero-order valence-corrected chi connectivity index (χ0v) is 20.4. The SMILES string of the molecule is CCNC(=NCCCNc1ccc(C(F)(F)F)cn1)NCCc1nc(C)c(C)s1.I. The van der Waals surface area contributed by atoms with Gasteiger partial charge in [0, 0.05) is 43.7 Å². The van der Waals surface area contributed by atoms with Crippen LogP contribution >= 0.6 is 35.3 Å². The first-order valence-corrected chi connectivity index (χ1v) is 10.3. The lowest BCUT2D eigenvalue weighted by atomic mass is 10.3. The van der Waals surface area contributed by atoms with E-state index >= 15 is 0 Å². The number of guanidine groups is 1. The van der Waals surface area contributed by atoms with E-state index in [0.717, 1.165) is 54.9 Å². The molecule has 2 aromatic rings. The summed E-state index contributed by atoms with van der Waals surface area (Å²) >= 11 is 1.72. The van der Waals surface area contributed by atoms with Crippen molar-refractivity contribution in [2.45, 2.75) is 39.8 Å². The molecular formula is C19H28F3IN6S. The quantitative estimate of drug-likeness (QED) is 0.185. The first kappa shape index (κ1) is 26.4. The summed E-state index contributed by atoms with van der Waals surface area (Å²) in [6.07, 6.45) is -1.97. The Balaban J connectivity index is 0.00000450. The molecule has 2 rings (SSSR count). The number of aromatic nitrogens is 2. The van der Waals surface area contributed by atoms with Crippen LogP contribution in [0.4, 0.5) is 19.0 Å². The highest BCUT2D eigenvalue weighted by atomic mass is 127. The molecule has 2 heterocycles. The zero-order chi connectivity index (χ0) is 21.3. The molecule has 30 heavy (non-hydrogen) atoms. The zero-order valence-electron chi connectivity index (χ0n) is 17.3. The fourth-order valence-electron chi connectivity index (χ4n) is 2.43. The van der Waals surface area contributed by atoms with Gasteiger partial charge in [-0.1, -0.05) is 0 Å². The average molecular weight is 556 g/mol. The Bertz CT molecular complexity index is 773. The number of hydrogen-bond donors (Lipinski definition) is 3. The van der Waals surface area contributed by atoms with Crippen LogP contribution in [0.15, 0.2) is 23.3 Å². The molecule has 168 valence electrons. The third-order valence-corrected chi connectivity index (χ3v) is 5.18. The van der Waals surface area contributed by atoms with Gasteiger partial charge < -0.3 is 16.0 Å². The highest BCUT2D eigenvalue weighted by molar-refractivity contribution is 14.0. The molecule has 0 atom stereocenters. The van der Waals surface area contributed by atoms with Gasteiger partial charge in [0.1, 0.15) is 5.82 Å². The van der Waals surface area contributed by atoms with E-state index in [0.29, 0.717) is 18.9 Å². The maximum atomic E-state index is 12.5. The molecule has 3 N–H and O–H groups in total. The van der Waals surface area contributed by atoms with Gasteiger partial charge in [-0.15, -0.1) is 35.3 Å². The minimum absolute atomic E-state index is 0. The van der Waals surface area contributed by atoms with E-state index in [2.05, 4.69) is 37.8 Å². The summed E-state index contributed by atoms with van der Waals surface area (Å²) in [5.74, 6) is 1.16. The average Bonchev–Trinajstić information content (AvgIpc) is 2.98. The summed E-state index contributed by atoms with van der Waals surface area (Å²) < 4.78 is 37.6. The second-order valence-corrected chi connectivity index (χ2v) is 7.68. The molecular weight excluding hydrogens is 528 g/mol. The number of thiazole rings is 1. The van der Waals surface area contributed by atoms with E-state index in [4.69, 9.17) is 0 Å². The number of aryl methyl sites for hydroxylation is 2. The third-order valence-electron chi connectivity index (χ3n) is 4.05. The van der Waals surface area contributed by atoms with Gasteiger partial charge in [0.05, 0.1) is 16.3 Å². The second kappa shape index (κ2) is 12.9. The van der Waals surface area contributed by atoms with Crippen molar-refractivity contribution in [2.75, 3.05) is 31.5 Å². The molecule has 0 spiro atoms. The van der Waals surface area contributed by atoms with Gasteiger partial charge in [-0.3, -0.25) is 4.99 Å². The van der Waals surface area contributed by atoms with E-state index in [1.54, 1.807) is 11.3 Å². The number of halogens is 4. The summed E-state index contributed by atoms with van der Waals surface area (Å²) in [7, 11) is 0. The Kier molecular flexibility index (Phi) is 11.4. The van der Waals surface area contributed by atoms with E-state index in [9.17, 15) is 13.2 Å². The summed E-state index contributed by atoms with van der Waals surface area (Å²) in [6, 6.07) is 2.35. The molecule has 0 saturated heterocycles. The van der Waals surface area contributed by atoms with E-state index in [-0.39, 0.29) is 24.0 Å². The maximum Gasteiger partial charge on any atom is 0.417 e. The smallest absolute Gasteiger partial charge is 0.370 e. The molecule has 0 fully saturated rings. The normalized spacial score (nSPS) is 11.7. The number of pyridine rings is 1. The second-order valence-electron chi connectivity index (χ2n) is 6.40. The predicted molar refractivity (Wildman–Crippen MR) is 127 cm³/mol. The standard InChI is InChI=1S/C19H27F3N6S.HI/c1-4-23-18(26-11-8-17-28-13(2)14(3)29-17)25-10-5-9-24-16-7-6-15(12-27-16)19(20,21)22;/h6-7,12H,4-5,8-11H2,1-3H3,(H,24,27)(H2,23,25,26);1H. The predicted octanol–water partition coefficient (Wildman–Crippen LogP) is 4.39. The lowest BCUT2D eigenvalue weighted by molar-refractivity contribution is -0.137. The van der Waals surface area contributed by atoms with Crippen molar-refractivity contribution in [3.05, 3.63) is 39.5 Å². The van der Waals surface area contributed by atoms with Crippen LogP contribution in [0.5, 0.6) is 0 Å². The lowest BCUT2D eigenvalue weighted by Crippen LogP contribution is -2.38. The Hall–Kier alpha value is -1.63. The first-order chi connectivity index (χ1) is 13.8. The maximum absolute atomic E-state index is 12.5. The molecule has 0 radical (unpaired) electrons. The van der Waals surface area contributed by atoms with Gasteiger partial charge >= 0.3 is 6.18 Å². The molecule has 2 aromatic heterocycles. The van der Waals surface area contributed by atoms with E-state index in [1.165, 1.54) is 10.9 Å². The van der Waals surface area contributed by atoms with Crippen LogP contribution in [-0.2, 0) is 12.6 Å². The Morgan fingerprint density at radius 2 is 1.93 bits per heavy atom. The largest absolute Gasteiger partial charge is 0.417 e. The topological polar surface area (TPSA) is 74.2 Å². The number of alkyl halides is 3. The molecule has 0 aliphatic carbocycles. The van der Waals surface area contributed by atoms with Crippen LogP contribution in [-0.4, -0.2) is 42.1 Å². The molecule has 0 aliphatic heterocycles. The summed E-state index contributed by atoms with van der Waals surface area (Å²) in [5.41, 5.74) is 0.331. The van der Waals surface area contributed by atoms with E-state index in [1.807, 2.05) is 13.8 Å². The van der Waals surface area contributed by atoms with Gasteiger partial charge in [0.15, 0.2) is 5.96 Å². The van der Waals surface area contributed by atoms with Crippen molar-refractivity contribution < 1.29 is 13.2 Å². The molecule has 11 heteroatoms. The van der Waals surface area contributed by atoms with Crippen LogP contribution in [0.3, 0.4) is 0 Å². The number of rotatable bonds is 9. The van der Waals surface area contributed by atoms with Crippen molar-refractivity contribution >= 4 is 47.1 Å². The molecule has 0 amide bonds. The fourth-order valence-corrected chi connectivity index (χ4v) is 3.36. The van der Waals surface area contributed by atoms with Crippen molar-refractivity contribution in [3.8, 4) is 0 Å². The highest BCUT2D eigenvalue weighted by Crippen LogP contribution is 2.28. The summed E-state index contributed by atoms with van der Waals surface area (Å²) in [4.78, 5) is 14.1. The van der Waals surface area contributed by atoms with Gasteiger partial charge in [-0.05, 0) is 39.3 Å². The van der Waals surface area contributed by atoms with Crippen molar-refractivity contribution in [1.82, 2.24) is 20.6 Å². The third kappa shape index (κ3) is 9.02. The number of hydrogen-bond acceptors (Lipinski definition) is 5.